The average molecular weight is 305 g/mol. The Morgan fingerprint density at radius 3 is 2.62 bits per heavy atom. The molecule has 0 aromatic heterocycles. The van der Waals surface area contributed by atoms with Crippen LogP contribution in [0.3, 0.4) is 0 Å². The van der Waals surface area contributed by atoms with Gasteiger partial charge in [0.1, 0.15) is 0 Å². The van der Waals surface area contributed by atoms with Gasteiger partial charge in [0.25, 0.3) is 0 Å². The molecule has 2 N–H and O–H groups in total. The summed E-state index contributed by atoms with van der Waals surface area (Å²) in [7, 11) is 0. The fourth-order valence-electron chi connectivity index (χ4n) is 0.912. The number of hydrogen-bond donors (Lipinski definition) is 2. The molecule has 16 heavy (non-hydrogen) atoms. The first-order chi connectivity index (χ1) is 7.49. The molecule has 1 aromatic rings. The van der Waals surface area contributed by atoms with E-state index in [2.05, 4.69) is 21.2 Å². The van der Waals surface area contributed by atoms with Crippen molar-refractivity contribution in [1.29, 1.82) is 0 Å². The zero-order chi connectivity index (χ0) is 12.1. The zero-order valence-corrected chi connectivity index (χ0v) is 10.2. The molecule has 0 atom stereocenters. The first kappa shape index (κ1) is 12.7. The summed E-state index contributed by atoms with van der Waals surface area (Å²) in [5.41, 5.74) is 0.518. The molecule has 0 aliphatic carbocycles. The Balaban J connectivity index is 2.73. The second-order valence-corrected chi connectivity index (χ2v) is 4.08. The molecular formula is C10H7BrClNO3. The number of anilines is 1. The van der Waals surface area contributed by atoms with Crippen molar-refractivity contribution in [3.05, 3.63) is 39.8 Å². The molecule has 0 unspecified atom stereocenters. The molecule has 0 saturated carbocycles. The van der Waals surface area contributed by atoms with E-state index in [-0.39, 0.29) is 0 Å². The van der Waals surface area contributed by atoms with Crippen LogP contribution in [-0.2, 0) is 9.59 Å². The van der Waals surface area contributed by atoms with Gasteiger partial charge in [-0.3, -0.25) is 4.79 Å². The number of carboxylic acid groups (broad SMARTS) is 1. The van der Waals surface area contributed by atoms with E-state index in [9.17, 15) is 9.59 Å². The fraction of sp³-hybridized carbons (Fsp3) is 0. The van der Waals surface area contributed by atoms with Crippen LogP contribution in [0.15, 0.2) is 34.8 Å². The Labute approximate surface area is 105 Å². The van der Waals surface area contributed by atoms with Crippen LogP contribution in [-0.4, -0.2) is 17.0 Å². The van der Waals surface area contributed by atoms with Gasteiger partial charge in [0.05, 0.1) is 5.69 Å². The highest BCUT2D eigenvalue weighted by molar-refractivity contribution is 9.10. The highest BCUT2D eigenvalue weighted by atomic mass is 79.9. The third-order valence-corrected chi connectivity index (χ3v) is 2.46. The second-order valence-electron chi connectivity index (χ2n) is 2.78. The van der Waals surface area contributed by atoms with Gasteiger partial charge in [-0.15, -0.1) is 0 Å². The predicted molar refractivity (Wildman–Crippen MR) is 64.6 cm³/mol. The lowest BCUT2D eigenvalue weighted by Gasteiger charge is -2.04. The zero-order valence-electron chi connectivity index (χ0n) is 7.91. The lowest BCUT2D eigenvalue weighted by molar-refractivity contribution is -0.131. The first-order valence-electron chi connectivity index (χ1n) is 4.16. The van der Waals surface area contributed by atoms with E-state index in [1.54, 1.807) is 18.2 Å². The van der Waals surface area contributed by atoms with E-state index >= 15 is 0 Å². The van der Waals surface area contributed by atoms with Crippen molar-refractivity contribution >= 4 is 45.1 Å². The Hall–Kier alpha value is -1.33. The van der Waals surface area contributed by atoms with E-state index < -0.39 is 11.9 Å². The van der Waals surface area contributed by atoms with Crippen LogP contribution in [0.2, 0.25) is 5.02 Å². The number of halogens is 2. The van der Waals surface area contributed by atoms with Gasteiger partial charge in [0.15, 0.2) is 0 Å². The number of carbonyl (C=O) groups excluding carboxylic acids is 1. The molecule has 6 heteroatoms. The summed E-state index contributed by atoms with van der Waals surface area (Å²) in [5, 5.41) is 11.4. The van der Waals surface area contributed by atoms with E-state index in [4.69, 9.17) is 16.7 Å². The maximum atomic E-state index is 11.2. The minimum Gasteiger partial charge on any atom is -0.478 e. The number of nitrogens with one attached hydrogen (secondary N) is 1. The molecule has 0 aliphatic heterocycles. The molecular weight excluding hydrogens is 297 g/mol. The van der Waals surface area contributed by atoms with Crippen LogP contribution in [0.5, 0.6) is 0 Å². The monoisotopic (exact) mass is 303 g/mol. The summed E-state index contributed by atoms with van der Waals surface area (Å²) in [5.74, 6) is -1.70. The number of carbonyl (C=O) groups is 2. The second kappa shape index (κ2) is 5.67. The maximum absolute atomic E-state index is 11.2. The number of amides is 1. The Morgan fingerprint density at radius 1 is 1.38 bits per heavy atom. The van der Waals surface area contributed by atoms with Gasteiger partial charge in [-0.1, -0.05) is 11.6 Å². The lowest BCUT2D eigenvalue weighted by Crippen LogP contribution is -2.09. The van der Waals surface area contributed by atoms with Gasteiger partial charge in [-0.25, -0.2) is 4.79 Å². The highest BCUT2D eigenvalue weighted by Gasteiger charge is 2.03. The molecule has 0 fully saturated rings. The number of aliphatic carboxylic acids is 1. The number of rotatable bonds is 3. The van der Waals surface area contributed by atoms with Crippen molar-refractivity contribution in [2.45, 2.75) is 0 Å². The molecule has 0 radical (unpaired) electrons. The summed E-state index contributed by atoms with van der Waals surface area (Å²) in [4.78, 5) is 21.4. The molecule has 0 heterocycles. The molecule has 1 aromatic carbocycles. The smallest absolute Gasteiger partial charge is 0.328 e. The van der Waals surface area contributed by atoms with E-state index in [1.807, 2.05) is 0 Å². The van der Waals surface area contributed by atoms with Crippen molar-refractivity contribution in [2.24, 2.45) is 0 Å². The van der Waals surface area contributed by atoms with E-state index in [0.29, 0.717) is 15.2 Å². The Kier molecular flexibility index (Phi) is 4.52. The number of benzene rings is 1. The maximum Gasteiger partial charge on any atom is 0.328 e. The molecule has 4 nitrogen and oxygen atoms in total. The molecule has 1 rings (SSSR count). The topological polar surface area (TPSA) is 66.4 Å². The predicted octanol–water partition coefficient (Wildman–Crippen LogP) is 2.68. The summed E-state index contributed by atoms with van der Waals surface area (Å²) >= 11 is 8.94. The SMILES string of the molecule is O=C(O)C=CC(=O)Nc1ccc(Cl)cc1Br. The van der Waals surface area contributed by atoms with E-state index in [0.717, 1.165) is 12.2 Å². The standard InChI is InChI=1S/C10H7BrClNO3/c11-7-5-6(12)1-2-8(7)13-9(14)3-4-10(15)16/h1-5H,(H,13,14)(H,15,16). The van der Waals surface area contributed by atoms with Crippen LogP contribution in [0.1, 0.15) is 0 Å². The lowest BCUT2D eigenvalue weighted by atomic mass is 10.3. The third-order valence-electron chi connectivity index (χ3n) is 1.57. The van der Waals surface area contributed by atoms with Gasteiger partial charge in [-0.2, -0.15) is 0 Å². The van der Waals surface area contributed by atoms with Gasteiger partial charge in [0, 0.05) is 21.6 Å². The van der Waals surface area contributed by atoms with Crippen molar-refractivity contribution < 1.29 is 14.7 Å². The van der Waals surface area contributed by atoms with Crippen LogP contribution in [0, 0.1) is 0 Å². The van der Waals surface area contributed by atoms with Crippen LogP contribution >= 0.6 is 27.5 Å². The summed E-state index contributed by atoms with van der Waals surface area (Å²) in [6.07, 6.45) is 1.70. The minimum atomic E-state index is -1.18. The molecule has 0 saturated heterocycles. The van der Waals surface area contributed by atoms with Gasteiger partial charge in [0.2, 0.25) is 5.91 Å². The van der Waals surface area contributed by atoms with Crippen molar-refractivity contribution in [3.63, 3.8) is 0 Å². The highest BCUT2D eigenvalue weighted by Crippen LogP contribution is 2.25. The quantitative estimate of drug-likeness (QED) is 0.844. The first-order valence-corrected chi connectivity index (χ1v) is 5.33. The van der Waals surface area contributed by atoms with Crippen molar-refractivity contribution in [2.75, 3.05) is 5.32 Å². The van der Waals surface area contributed by atoms with Crippen LogP contribution in [0.4, 0.5) is 5.69 Å². The van der Waals surface area contributed by atoms with Crippen molar-refractivity contribution in [1.82, 2.24) is 0 Å². The molecule has 0 spiro atoms. The number of carboxylic acids is 1. The van der Waals surface area contributed by atoms with Crippen LogP contribution < -0.4 is 5.32 Å². The van der Waals surface area contributed by atoms with Gasteiger partial charge < -0.3 is 10.4 Å². The molecule has 1 amide bonds. The largest absolute Gasteiger partial charge is 0.478 e. The summed E-state index contributed by atoms with van der Waals surface area (Å²) in [6.45, 7) is 0. The van der Waals surface area contributed by atoms with Crippen molar-refractivity contribution in [3.8, 4) is 0 Å². The Morgan fingerprint density at radius 2 is 2.06 bits per heavy atom. The molecule has 0 aliphatic rings. The average Bonchev–Trinajstić information content (AvgIpc) is 2.19. The normalized spacial score (nSPS) is 10.4. The third kappa shape index (κ3) is 4.04. The summed E-state index contributed by atoms with van der Waals surface area (Å²) in [6, 6.07) is 4.85. The molecule has 84 valence electrons. The van der Waals surface area contributed by atoms with E-state index in [1.165, 1.54) is 0 Å². The molecule has 0 bridgehead atoms. The Bertz CT molecular complexity index is 459. The van der Waals surface area contributed by atoms with Gasteiger partial charge in [-0.05, 0) is 34.1 Å². The van der Waals surface area contributed by atoms with Crippen LogP contribution in [0.25, 0.3) is 0 Å². The fourth-order valence-corrected chi connectivity index (χ4v) is 1.69. The number of hydrogen-bond acceptors (Lipinski definition) is 2. The minimum absolute atomic E-state index is 0.518. The summed E-state index contributed by atoms with van der Waals surface area (Å²) < 4.78 is 0.622. The van der Waals surface area contributed by atoms with Gasteiger partial charge >= 0.3 is 5.97 Å².